The molecule has 1 aliphatic heterocycles. The Hall–Kier alpha value is -3.49. The van der Waals surface area contributed by atoms with Crippen molar-refractivity contribution in [3.05, 3.63) is 113 Å². The molecule has 1 atom stereocenters. The second kappa shape index (κ2) is 10.2. The number of piperazine rings is 1. The van der Waals surface area contributed by atoms with Gasteiger partial charge in [-0.1, -0.05) is 60.7 Å². The van der Waals surface area contributed by atoms with Crippen LogP contribution in [0.3, 0.4) is 0 Å². The highest BCUT2D eigenvalue weighted by atomic mass is 19.1. The van der Waals surface area contributed by atoms with E-state index in [0.29, 0.717) is 17.9 Å². The molecule has 0 N–H and O–H groups in total. The molecule has 0 amide bonds. The Bertz CT molecular complexity index is 1200. The summed E-state index contributed by atoms with van der Waals surface area (Å²) in [5, 5.41) is 12.4. The largest absolute Gasteiger partial charge is 0.297 e. The van der Waals surface area contributed by atoms with E-state index in [0.717, 1.165) is 38.3 Å². The molecule has 0 spiro atoms. The van der Waals surface area contributed by atoms with Gasteiger partial charge in [-0.3, -0.25) is 9.80 Å². The monoisotopic (exact) mass is 460 g/mol. The van der Waals surface area contributed by atoms with E-state index in [1.54, 1.807) is 28.9 Å². The normalized spacial score (nSPS) is 15.9. The average Bonchev–Trinajstić information content (AvgIpc) is 3.31. The molecule has 5 rings (SSSR count). The smallest absolute Gasteiger partial charge is 0.173 e. The van der Waals surface area contributed by atoms with E-state index in [2.05, 4.69) is 49.6 Å². The summed E-state index contributed by atoms with van der Waals surface area (Å²) >= 11 is 0. The van der Waals surface area contributed by atoms with E-state index in [1.807, 2.05) is 12.1 Å². The number of halogens is 2. The predicted molar refractivity (Wildman–Crippen MR) is 125 cm³/mol. The van der Waals surface area contributed by atoms with E-state index >= 15 is 0 Å². The molecule has 1 fully saturated rings. The summed E-state index contributed by atoms with van der Waals surface area (Å²) in [6.07, 6.45) is 0. The molecule has 2 heterocycles. The van der Waals surface area contributed by atoms with Crippen molar-refractivity contribution in [1.29, 1.82) is 0 Å². The third-order valence-electron chi connectivity index (χ3n) is 6.27. The summed E-state index contributed by atoms with van der Waals surface area (Å²) in [6, 6.07) is 23.0. The first-order chi connectivity index (χ1) is 16.7. The zero-order valence-corrected chi connectivity index (χ0v) is 18.8. The van der Waals surface area contributed by atoms with Gasteiger partial charge in [-0.05, 0) is 39.8 Å². The Labute approximate surface area is 197 Å². The van der Waals surface area contributed by atoms with Crippen LogP contribution in [0.25, 0.3) is 0 Å². The van der Waals surface area contributed by atoms with E-state index in [9.17, 15) is 8.78 Å². The van der Waals surface area contributed by atoms with Gasteiger partial charge in [0.2, 0.25) is 0 Å². The van der Waals surface area contributed by atoms with Gasteiger partial charge in [0.05, 0.1) is 6.54 Å². The van der Waals surface area contributed by atoms with Crippen LogP contribution >= 0.6 is 0 Å². The SMILES string of the molecule is Fc1ccc(Cn2nnnc2[C@H](c2ccccc2F)N2CCN(Cc3ccccc3)CC2)cc1. The van der Waals surface area contributed by atoms with Crippen molar-refractivity contribution >= 4 is 0 Å². The fraction of sp³-hybridized carbons (Fsp3) is 0.269. The Morgan fingerprint density at radius 1 is 0.735 bits per heavy atom. The molecule has 8 heteroatoms. The molecule has 0 saturated carbocycles. The predicted octanol–water partition coefficient (Wildman–Crippen LogP) is 3.91. The molecular weight excluding hydrogens is 434 g/mol. The lowest BCUT2D eigenvalue weighted by atomic mass is 10.0. The highest BCUT2D eigenvalue weighted by Crippen LogP contribution is 2.30. The van der Waals surface area contributed by atoms with Crippen LogP contribution in [0.4, 0.5) is 8.78 Å². The lowest BCUT2D eigenvalue weighted by molar-refractivity contribution is 0.0990. The van der Waals surface area contributed by atoms with Crippen LogP contribution in [-0.2, 0) is 13.1 Å². The highest BCUT2D eigenvalue weighted by molar-refractivity contribution is 5.27. The second-order valence-corrected chi connectivity index (χ2v) is 8.54. The van der Waals surface area contributed by atoms with Gasteiger partial charge in [0, 0.05) is 38.3 Å². The van der Waals surface area contributed by atoms with Crippen LogP contribution in [0, 0.1) is 11.6 Å². The van der Waals surface area contributed by atoms with Crippen molar-refractivity contribution in [3.8, 4) is 0 Å². The van der Waals surface area contributed by atoms with Crippen LogP contribution in [-0.4, -0.2) is 56.2 Å². The van der Waals surface area contributed by atoms with Crippen LogP contribution in [0.1, 0.15) is 28.6 Å². The molecule has 174 valence electrons. The molecule has 3 aromatic carbocycles. The van der Waals surface area contributed by atoms with Gasteiger partial charge < -0.3 is 0 Å². The van der Waals surface area contributed by atoms with Gasteiger partial charge in [0.15, 0.2) is 5.82 Å². The molecule has 0 aliphatic carbocycles. The van der Waals surface area contributed by atoms with Crippen molar-refractivity contribution in [2.75, 3.05) is 26.2 Å². The van der Waals surface area contributed by atoms with Crippen LogP contribution in [0.5, 0.6) is 0 Å². The average molecular weight is 461 g/mol. The van der Waals surface area contributed by atoms with E-state index < -0.39 is 6.04 Å². The molecule has 0 bridgehead atoms. The maximum Gasteiger partial charge on any atom is 0.173 e. The highest BCUT2D eigenvalue weighted by Gasteiger charge is 2.32. The van der Waals surface area contributed by atoms with Gasteiger partial charge >= 0.3 is 0 Å². The molecule has 1 aliphatic rings. The van der Waals surface area contributed by atoms with Crippen molar-refractivity contribution < 1.29 is 8.78 Å². The Kier molecular flexibility index (Phi) is 6.69. The lowest BCUT2D eigenvalue weighted by Crippen LogP contribution is -2.48. The van der Waals surface area contributed by atoms with Crippen molar-refractivity contribution in [2.24, 2.45) is 0 Å². The molecule has 0 unspecified atom stereocenters. The lowest BCUT2D eigenvalue weighted by Gasteiger charge is -2.39. The molecule has 0 radical (unpaired) electrons. The summed E-state index contributed by atoms with van der Waals surface area (Å²) in [4.78, 5) is 4.65. The molecule has 4 aromatic rings. The number of aromatic nitrogens is 4. The molecule has 1 aromatic heterocycles. The van der Waals surface area contributed by atoms with Crippen LogP contribution in [0.2, 0.25) is 0 Å². The van der Waals surface area contributed by atoms with Gasteiger partial charge in [0.1, 0.15) is 17.7 Å². The summed E-state index contributed by atoms with van der Waals surface area (Å²) in [5.41, 5.74) is 2.70. The molecule has 6 nitrogen and oxygen atoms in total. The Morgan fingerprint density at radius 2 is 1.41 bits per heavy atom. The van der Waals surface area contributed by atoms with Gasteiger partial charge in [0.25, 0.3) is 0 Å². The number of hydrogen-bond donors (Lipinski definition) is 0. The number of nitrogens with zero attached hydrogens (tertiary/aromatic N) is 6. The first kappa shape index (κ1) is 22.3. The minimum absolute atomic E-state index is 0.282. The standard InChI is InChI=1S/C26H26F2N6/c27-22-12-10-21(11-13-22)19-34-26(29-30-31-34)25(23-8-4-5-9-24(23)28)33-16-14-32(15-17-33)18-20-6-2-1-3-7-20/h1-13,25H,14-19H2/t25-/m0/s1. The minimum atomic E-state index is -0.421. The summed E-state index contributed by atoms with van der Waals surface area (Å²) in [5.74, 6) is -0.000206. The van der Waals surface area contributed by atoms with E-state index in [1.165, 1.54) is 23.8 Å². The second-order valence-electron chi connectivity index (χ2n) is 8.54. The third kappa shape index (κ3) is 5.03. The van der Waals surface area contributed by atoms with Crippen molar-refractivity contribution in [1.82, 2.24) is 30.0 Å². The molecule has 1 saturated heterocycles. The summed E-state index contributed by atoms with van der Waals surface area (Å²) in [7, 11) is 0. The first-order valence-corrected chi connectivity index (χ1v) is 11.4. The van der Waals surface area contributed by atoms with Gasteiger partial charge in [-0.15, -0.1) is 5.10 Å². The zero-order chi connectivity index (χ0) is 23.3. The fourth-order valence-corrected chi connectivity index (χ4v) is 4.50. The van der Waals surface area contributed by atoms with Crippen LogP contribution < -0.4 is 0 Å². The quantitative estimate of drug-likeness (QED) is 0.419. The number of tetrazole rings is 1. The first-order valence-electron chi connectivity index (χ1n) is 11.4. The summed E-state index contributed by atoms with van der Waals surface area (Å²) < 4.78 is 30.0. The fourth-order valence-electron chi connectivity index (χ4n) is 4.50. The number of rotatable bonds is 7. The zero-order valence-electron chi connectivity index (χ0n) is 18.8. The van der Waals surface area contributed by atoms with E-state index in [-0.39, 0.29) is 11.6 Å². The molecular formula is C26H26F2N6. The van der Waals surface area contributed by atoms with Crippen molar-refractivity contribution in [2.45, 2.75) is 19.1 Å². The van der Waals surface area contributed by atoms with Crippen molar-refractivity contribution in [3.63, 3.8) is 0 Å². The minimum Gasteiger partial charge on any atom is -0.297 e. The Morgan fingerprint density at radius 3 is 2.15 bits per heavy atom. The van der Waals surface area contributed by atoms with Gasteiger partial charge in [-0.25, -0.2) is 13.5 Å². The maximum absolute atomic E-state index is 15.0. The Balaban J connectivity index is 1.39. The third-order valence-corrected chi connectivity index (χ3v) is 6.27. The van der Waals surface area contributed by atoms with Crippen LogP contribution in [0.15, 0.2) is 78.9 Å². The maximum atomic E-state index is 15.0. The van der Waals surface area contributed by atoms with Gasteiger partial charge in [-0.2, -0.15) is 0 Å². The summed E-state index contributed by atoms with van der Waals surface area (Å²) in [6.45, 7) is 4.51. The topological polar surface area (TPSA) is 50.1 Å². The molecule has 34 heavy (non-hydrogen) atoms. The van der Waals surface area contributed by atoms with E-state index in [4.69, 9.17) is 0 Å². The number of hydrogen-bond acceptors (Lipinski definition) is 5. The number of benzene rings is 3.